The van der Waals surface area contributed by atoms with Gasteiger partial charge in [-0.25, -0.2) is 4.79 Å². The van der Waals surface area contributed by atoms with Crippen molar-refractivity contribution in [2.24, 2.45) is 22.2 Å². The molecule has 3 unspecified atom stereocenters. The topological polar surface area (TPSA) is 240 Å². The highest BCUT2D eigenvalue weighted by atomic mass is 16.4. The first-order chi connectivity index (χ1) is 19.0. The highest BCUT2D eigenvalue weighted by Crippen LogP contribution is 2.29. The van der Waals surface area contributed by atoms with Gasteiger partial charge in [-0.15, -0.1) is 0 Å². The van der Waals surface area contributed by atoms with E-state index in [0.29, 0.717) is 25.8 Å². The van der Waals surface area contributed by atoms with Crippen LogP contribution in [-0.2, 0) is 16.0 Å². The van der Waals surface area contributed by atoms with Crippen molar-refractivity contribution in [2.75, 3.05) is 18.8 Å². The number of amides is 2. The highest BCUT2D eigenvalue weighted by Gasteiger charge is 2.38. The molecular formula is C27H35N7O6. The Hall–Kier alpha value is -4.65. The zero-order valence-corrected chi connectivity index (χ0v) is 22.0. The third kappa shape index (κ3) is 7.26. The summed E-state index contributed by atoms with van der Waals surface area (Å²) in [6.07, 6.45) is 1.51. The molecule has 2 aromatic rings. The Kier molecular flexibility index (Phi) is 10.0. The molecule has 0 spiro atoms. The lowest BCUT2D eigenvalue weighted by Gasteiger charge is -2.28. The lowest BCUT2D eigenvalue weighted by molar-refractivity contribution is -0.139. The minimum atomic E-state index is -1.56. The van der Waals surface area contributed by atoms with E-state index in [4.69, 9.17) is 22.9 Å². The number of carbonyl (C=O) groups is 4. The van der Waals surface area contributed by atoms with Gasteiger partial charge in [-0.05, 0) is 49.8 Å². The van der Waals surface area contributed by atoms with Gasteiger partial charge in [0, 0.05) is 18.8 Å². The van der Waals surface area contributed by atoms with E-state index >= 15 is 0 Å². The van der Waals surface area contributed by atoms with E-state index in [0.717, 1.165) is 11.6 Å². The maximum atomic E-state index is 13.6. The Labute approximate surface area is 231 Å². The Morgan fingerprint density at radius 2 is 1.77 bits per heavy atom. The predicted octanol–water partition coefficient (Wildman–Crippen LogP) is -0.0453. The molecule has 1 aliphatic rings. The zero-order chi connectivity index (χ0) is 29.4. The van der Waals surface area contributed by atoms with Gasteiger partial charge in [-0.3, -0.25) is 19.4 Å². The van der Waals surface area contributed by atoms with E-state index in [9.17, 15) is 29.4 Å². The minimum absolute atomic E-state index is 0.0314. The number of rotatable bonds is 12. The second kappa shape index (κ2) is 13.4. The van der Waals surface area contributed by atoms with Crippen LogP contribution in [0.4, 0.5) is 5.69 Å². The number of anilines is 1. The van der Waals surface area contributed by atoms with Crippen molar-refractivity contribution in [3.8, 4) is 5.75 Å². The number of carbonyl (C=O) groups excluding carboxylic acids is 3. The molecule has 3 atom stereocenters. The van der Waals surface area contributed by atoms with Crippen molar-refractivity contribution in [3.05, 3.63) is 59.2 Å². The molecule has 11 N–H and O–H groups in total. The number of hydrogen-bond acceptors (Lipinski definition) is 8. The van der Waals surface area contributed by atoms with Crippen molar-refractivity contribution in [2.45, 2.75) is 50.2 Å². The predicted molar refractivity (Wildman–Crippen MR) is 149 cm³/mol. The number of aromatic hydroxyl groups is 1. The molecule has 0 radical (unpaired) electrons. The van der Waals surface area contributed by atoms with Crippen LogP contribution in [0.3, 0.4) is 0 Å². The first-order valence-corrected chi connectivity index (χ1v) is 12.9. The second-order valence-electron chi connectivity index (χ2n) is 9.59. The molecule has 0 bridgehead atoms. The number of nitrogen functional groups attached to an aromatic ring is 1. The van der Waals surface area contributed by atoms with Gasteiger partial charge in [0.05, 0.1) is 17.6 Å². The van der Waals surface area contributed by atoms with Crippen LogP contribution in [0.2, 0.25) is 0 Å². The molecule has 2 aromatic carbocycles. The van der Waals surface area contributed by atoms with Gasteiger partial charge in [-0.1, -0.05) is 30.3 Å². The van der Waals surface area contributed by atoms with Crippen molar-refractivity contribution in [3.63, 3.8) is 0 Å². The summed E-state index contributed by atoms with van der Waals surface area (Å²) in [5.41, 5.74) is 22.5. The number of nitrogens with one attached hydrogen (secondary N) is 1. The lowest BCUT2D eigenvalue weighted by Crippen LogP contribution is -2.54. The lowest BCUT2D eigenvalue weighted by atomic mass is 9.93. The van der Waals surface area contributed by atoms with E-state index in [1.165, 1.54) is 11.0 Å². The van der Waals surface area contributed by atoms with Crippen molar-refractivity contribution in [1.82, 2.24) is 10.2 Å². The summed E-state index contributed by atoms with van der Waals surface area (Å²) in [5, 5.41) is 22.4. The number of phenols is 1. The van der Waals surface area contributed by atoms with Gasteiger partial charge in [0.2, 0.25) is 11.8 Å². The molecular weight excluding hydrogens is 518 g/mol. The van der Waals surface area contributed by atoms with Gasteiger partial charge in [0.1, 0.15) is 17.4 Å². The van der Waals surface area contributed by atoms with E-state index in [-0.39, 0.29) is 36.9 Å². The normalized spacial score (nSPS) is 16.1. The number of ketones is 1. The third-order valence-electron chi connectivity index (χ3n) is 6.71. The molecule has 1 heterocycles. The minimum Gasteiger partial charge on any atom is -0.507 e. The number of aromatic carboxylic acids is 1. The molecule has 2 amide bonds. The Morgan fingerprint density at radius 3 is 2.42 bits per heavy atom. The number of benzene rings is 2. The van der Waals surface area contributed by atoms with Crippen LogP contribution in [0.5, 0.6) is 5.75 Å². The molecule has 3 rings (SSSR count). The van der Waals surface area contributed by atoms with Gasteiger partial charge < -0.3 is 43.4 Å². The zero-order valence-electron chi connectivity index (χ0n) is 22.0. The molecule has 0 saturated carbocycles. The summed E-state index contributed by atoms with van der Waals surface area (Å²) in [6.45, 7) is 0.469. The van der Waals surface area contributed by atoms with Crippen LogP contribution in [-0.4, -0.2) is 75.9 Å². The summed E-state index contributed by atoms with van der Waals surface area (Å²) in [5.74, 6) is -4.13. The average Bonchev–Trinajstić information content (AvgIpc) is 3.41. The number of nitrogens with zero attached hydrogens (tertiary/aromatic N) is 2. The highest BCUT2D eigenvalue weighted by molar-refractivity contribution is 6.13. The fraction of sp³-hybridized carbons (Fsp3) is 0.370. The number of carboxylic acid groups (broad SMARTS) is 1. The fourth-order valence-corrected chi connectivity index (χ4v) is 4.78. The standard InChI is InChI=1S/C27H35N7O6/c28-16-10-11-20(35)22(26(39)40)21(16)23(36)18(8-4-12-32-27(30)31)33-24(37)19-9-5-13-34(19)25(38)17(29)14-15-6-2-1-3-7-15/h1-3,6-7,10-11,17-19,35H,4-5,8-9,12-14,28-29H2,(H,33,37)(H,39,40)(H4,30,31,32). The van der Waals surface area contributed by atoms with Crippen LogP contribution in [0, 0.1) is 0 Å². The smallest absolute Gasteiger partial charge is 0.340 e. The molecule has 1 saturated heterocycles. The van der Waals surface area contributed by atoms with Gasteiger partial charge in [0.15, 0.2) is 11.7 Å². The summed E-state index contributed by atoms with van der Waals surface area (Å²) in [6, 6.07) is 8.57. The molecule has 40 heavy (non-hydrogen) atoms. The second-order valence-corrected chi connectivity index (χ2v) is 9.59. The maximum absolute atomic E-state index is 13.6. The monoisotopic (exact) mass is 553 g/mol. The first kappa shape index (κ1) is 29.9. The summed E-state index contributed by atoms with van der Waals surface area (Å²) in [7, 11) is 0. The van der Waals surface area contributed by atoms with Crippen LogP contribution in [0.1, 0.15) is 52.0 Å². The number of nitrogens with two attached hydrogens (primary N) is 4. The van der Waals surface area contributed by atoms with E-state index < -0.39 is 52.7 Å². The Morgan fingerprint density at radius 1 is 1.07 bits per heavy atom. The molecule has 214 valence electrons. The maximum Gasteiger partial charge on any atom is 0.340 e. The summed E-state index contributed by atoms with van der Waals surface area (Å²) < 4.78 is 0. The van der Waals surface area contributed by atoms with E-state index in [1.54, 1.807) is 0 Å². The number of Topliss-reactive ketones (excluding diaryl/α,β-unsaturated/α-hetero) is 1. The molecule has 1 fully saturated rings. The number of hydrogen-bond donors (Lipinski definition) is 7. The largest absolute Gasteiger partial charge is 0.507 e. The number of guanidine groups is 1. The molecule has 13 nitrogen and oxygen atoms in total. The van der Waals surface area contributed by atoms with Crippen LogP contribution >= 0.6 is 0 Å². The van der Waals surface area contributed by atoms with Crippen LogP contribution in [0.25, 0.3) is 0 Å². The van der Waals surface area contributed by atoms with E-state index in [2.05, 4.69) is 10.3 Å². The fourth-order valence-electron chi connectivity index (χ4n) is 4.78. The number of likely N-dealkylation sites (tertiary alicyclic amines) is 1. The van der Waals surface area contributed by atoms with Crippen LogP contribution < -0.4 is 28.3 Å². The third-order valence-corrected chi connectivity index (χ3v) is 6.71. The SMILES string of the molecule is NC(N)=NCCCC(NC(=O)C1CCCN1C(=O)C(N)Cc1ccccc1)C(=O)c1c(N)ccc(O)c1C(=O)O. The quantitative estimate of drug-likeness (QED) is 0.0461. The molecule has 0 aliphatic carbocycles. The van der Waals surface area contributed by atoms with E-state index in [1.807, 2.05) is 30.3 Å². The van der Waals surface area contributed by atoms with Crippen molar-refractivity contribution in [1.29, 1.82) is 0 Å². The molecule has 13 heteroatoms. The summed E-state index contributed by atoms with van der Waals surface area (Å²) in [4.78, 5) is 57.3. The number of carboxylic acids is 1. The van der Waals surface area contributed by atoms with Gasteiger partial charge >= 0.3 is 5.97 Å². The van der Waals surface area contributed by atoms with Crippen molar-refractivity contribution >= 4 is 35.2 Å². The molecule has 1 aliphatic heterocycles. The van der Waals surface area contributed by atoms with Crippen LogP contribution in [0.15, 0.2) is 47.5 Å². The Balaban J connectivity index is 1.82. The Bertz CT molecular complexity index is 1280. The van der Waals surface area contributed by atoms with Gasteiger partial charge in [0.25, 0.3) is 0 Å². The van der Waals surface area contributed by atoms with Crippen molar-refractivity contribution < 1.29 is 29.4 Å². The van der Waals surface area contributed by atoms with Gasteiger partial charge in [-0.2, -0.15) is 0 Å². The summed E-state index contributed by atoms with van der Waals surface area (Å²) >= 11 is 0. The molecule has 0 aromatic heterocycles. The average molecular weight is 554 g/mol. The number of aliphatic imine (C=N–C) groups is 1. The first-order valence-electron chi connectivity index (χ1n) is 12.9.